The molecule has 1 atom stereocenters. The minimum absolute atomic E-state index is 0.0757. The third kappa shape index (κ3) is 4.35. The van der Waals surface area contributed by atoms with Gasteiger partial charge in [-0.2, -0.15) is 0 Å². The highest BCUT2D eigenvalue weighted by atomic mass is 32.2. The van der Waals surface area contributed by atoms with Crippen LogP contribution in [0, 0.1) is 11.6 Å². The van der Waals surface area contributed by atoms with Gasteiger partial charge in [0.1, 0.15) is 22.5 Å². The molecule has 0 radical (unpaired) electrons. The number of anilines is 2. The highest BCUT2D eigenvalue weighted by Crippen LogP contribution is 2.32. The van der Waals surface area contributed by atoms with Crippen LogP contribution < -0.4 is 10.5 Å². The van der Waals surface area contributed by atoms with Crippen molar-refractivity contribution in [3.05, 3.63) is 89.2 Å². The summed E-state index contributed by atoms with van der Waals surface area (Å²) in [5.41, 5.74) is 2.46. The molecule has 0 fully saturated rings. The first-order valence-corrected chi connectivity index (χ1v) is 11.6. The van der Waals surface area contributed by atoms with Crippen LogP contribution in [0.5, 0.6) is 0 Å². The van der Waals surface area contributed by atoms with Crippen molar-refractivity contribution < 1.29 is 17.2 Å². The first-order valence-electron chi connectivity index (χ1n) is 10.0. The number of primary sulfonamides is 1. The summed E-state index contributed by atoms with van der Waals surface area (Å²) in [6.45, 7) is 1.59. The summed E-state index contributed by atoms with van der Waals surface area (Å²) in [6.07, 6.45) is 3.30. The predicted molar refractivity (Wildman–Crippen MR) is 121 cm³/mol. The lowest BCUT2D eigenvalue weighted by Gasteiger charge is -2.16. The molecule has 9 heteroatoms. The number of halogens is 2. The molecular formula is C23H22F2N4O2S. The van der Waals surface area contributed by atoms with Gasteiger partial charge in [-0.25, -0.2) is 27.3 Å². The van der Waals surface area contributed by atoms with Crippen molar-refractivity contribution in [1.82, 2.24) is 9.97 Å². The Balaban J connectivity index is 1.72. The number of H-pyrrole nitrogens is 1. The van der Waals surface area contributed by atoms with Crippen LogP contribution >= 0.6 is 0 Å². The minimum atomic E-state index is -4.04. The summed E-state index contributed by atoms with van der Waals surface area (Å²) in [7, 11) is -4.04. The number of nitrogens with two attached hydrogens (primary N) is 1. The lowest BCUT2D eigenvalue weighted by atomic mass is 9.99. The molecule has 0 saturated heterocycles. The summed E-state index contributed by atoms with van der Waals surface area (Å²) in [6, 6.07) is 13.6. The van der Waals surface area contributed by atoms with Crippen molar-refractivity contribution in [1.29, 1.82) is 0 Å². The first kappa shape index (κ1) is 21.9. The lowest BCUT2D eigenvalue weighted by Crippen LogP contribution is -2.22. The van der Waals surface area contributed by atoms with Crippen LogP contribution in [-0.4, -0.2) is 18.4 Å². The van der Waals surface area contributed by atoms with E-state index in [-0.39, 0.29) is 24.0 Å². The van der Waals surface area contributed by atoms with E-state index < -0.39 is 26.9 Å². The van der Waals surface area contributed by atoms with E-state index >= 15 is 4.39 Å². The minimum Gasteiger partial charge on any atom is -0.354 e. The molecule has 6 nitrogen and oxygen atoms in total. The summed E-state index contributed by atoms with van der Waals surface area (Å²) in [5, 5.41) is 7.96. The van der Waals surface area contributed by atoms with E-state index in [0.29, 0.717) is 16.6 Å². The number of aromatic amines is 1. The summed E-state index contributed by atoms with van der Waals surface area (Å²) in [4.78, 5) is 7.39. The van der Waals surface area contributed by atoms with Crippen LogP contribution in [0.1, 0.15) is 35.3 Å². The Bertz CT molecular complexity index is 1370. The number of fused-ring (bicyclic) bond motifs is 1. The summed E-state index contributed by atoms with van der Waals surface area (Å²) < 4.78 is 53.6. The summed E-state index contributed by atoms with van der Waals surface area (Å²) in [5.74, 6) is -1.65. The normalized spacial score (nSPS) is 12.8. The van der Waals surface area contributed by atoms with Crippen molar-refractivity contribution in [3.8, 4) is 0 Å². The van der Waals surface area contributed by atoms with Gasteiger partial charge in [0, 0.05) is 34.8 Å². The molecule has 0 spiro atoms. The van der Waals surface area contributed by atoms with Gasteiger partial charge in [-0.15, -0.1) is 0 Å². The molecule has 4 aromatic rings. The number of aromatic nitrogens is 2. The van der Waals surface area contributed by atoms with Crippen LogP contribution in [0.3, 0.4) is 0 Å². The van der Waals surface area contributed by atoms with Crippen LogP contribution in [-0.2, 0) is 16.4 Å². The Morgan fingerprint density at radius 3 is 2.56 bits per heavy atom. The Labute approximate surface area is 184 Å². The number of hydrogen-bond acceptors (Lipinski definition) is 4. The highest BCUT2D eigenvalue weighted by Gasteiger charge is 2.27. The number of nitrogens with one attached hydrogen (secondary N) is 2. The molecule has 2 aromatic heterocycles. The maximum atomic E-state index is 15.3. The van der Waals surface area contributed by atoms with Crippen LogP contribution in [0.2, 0.25) is 0 Å². The molecule has 2 heterocycles. The number of sulfonamides is 1. The van der Waals surface area contributed by atoms with E-state index in [1.165, 1.54) is 0 Å². The Kier molecular flexibility index (Phi) is 5.94. The van der Waals surface area contributed by atoms with Gasteiger partial charge in [0.15, 0.2) is 0 Å². The first-order chi connectivity index (χ1) is 15.3. The average molecular weight is 457 g/mol. The van der Waals surface area contributed by atoms with Crippen molar-refractivity contribution in [3.63, 3.8) is 0 Å². The second-order valence-electron chi connectivity index (χ2n) is 7.52. The van der Waals surface area contributed by atoms with E-state index in [0.717, 1.165) is 23.5 Å². The molecule has 32 heavy (non-hydrogen) atoms. The Morgan fingerprint density at radius 2 is 1.88 bits per heavy atom. The van der Waals surface area contributed by atoms with E-state index in [4.69, 9.17) is 5.14 Å². The van der Waals surface area contributed by atoms with Crippen molar-refractivity contribution in [2.45, 2.75) is 25.0 Å². The van der Waals surface area contributed by atoms with Gasteiger partial charge >= 0.3 is 0 Å². The van der Waals surface area contributed by atoms with Gasteiger partial charge in [-0.3, -0.25) is 0 Å². The standard InChI is InChI=1S/C23H22F2N4O2S/c1-2-21(32(26,30)31)17-8-9-20(24)19(22(17)25)10-14-12-27-23-18(14)11-16(13-28-23)29-15-6-4-3-5-7-15/h3-9,11-13,21,29H,2,10H2,1H3,(H,27,28)(H2,26,30,31). The van der Waals surface area contributed by atoms with E-state index in [2.05, 4.69) is 15.3 Å². The predicted octanol–water partition coefficient (Wildman–Crippen LogP) is 4.92. The fourth-order valence-corrected chi connectivity index (χ4v) is 4.81. The number of nitrogens with zero attached hydrogens (tertiary/aromatic N) is 1. The molecule has 4 N–H and O–H groups in total. The van der Waals surface area contributed by atoms with E-state index in [1.54, 1.807) is 19.3 Å². The maximum absolute atomic E-state index is 15.3. The third-order valence-electron chi connectivity index (χ3n) is 5.38. The average Bonchev–Trinajstić information content (AvgIpc) is 3.15. The molecule has 4 rings (SSSR count). The van der Waals surface area contributed by atoms with Gasteiger partial charge in [0.25, 0.3) is 0 Å². The molecule has 166 valence electrons. The second-order valence-corrected chi connectivity index (χ2v) is 9.26. The van der Waals surface area contributed by atoms with Crippen molar-refractivity contribution in [2.24, 2.45) is 5.14 Å². The van der Waals surface area contributed by atoms with Gasteiger partial charge < -0.3 is 10.3 Å². The number of para-hydroxylation sites is 1. The quantitative estimate of drug-likeness (QED) is 0.368. The van der Waals surface area contributed by atoms with Crippen LogP contribution in [0.15, 0.2) is 60.9 Å². The number of hydrogen-bond donors (Lipinski definition) is 3. The molecule has 0 aliphatic rings. The molecule has 2 aromatic carbocycles. The monoisotopic (exact) mass is 456 g/mol. The van der Waals surface area contributed by atoms with Gasteiger partial charge in [0.2, 0.25) is 10.0 Å². The fourth-order valence-electron chi connectivity index (χ4n) is 3.81. The highest BCUT2D eigenvalue weighted by molar-refractivity contribution is 7.89. The lowest BCUT2D eigenvalue weighted by molar-refractivity contribution is 0.538. The molecule has 0 aliphatic carbocycles. The smallest absolute Gasteiger partial charge is 0.216 e. The van der Waals surface area contributed by atoms with Crippen molar-refractivity contribution >= 4 is 32.4 Å². The van der Waals surface area contributed by atoms with Crippen LogP contribution in [0.25, 0.3) is 11.0 Å². The molecule has 0 aliphatic heterocycles. The largest absolute Gasteiger partial charge is 0.354 e. The van der Waals surface area contributed by atoms with Gasteiger partial charge in [-0.05, 0) is 36.2 Å². The van der Waals surface area contributed by atoms with Gasteiger partial charge in [-0.1, -0.05) is 31.2 Å². The van der Waals surface area contributed by atoms with E-state index in [1.807, 2.05) is 36.4 Å². The zero-order valence-corrected chi connectivity index (χ0v) is 18.1. The second kappa shape index (κ2) is 8.68. The fraction of sp³-hybridized carbons (Fsp3) is 0.174. The topological polar surface area (TPSA) is 101 Å². The number of rotatable bonds is 7. The van der Waals surface area contributed by atoms with Crippen LogP contribution in [0.4, 0.5) is 20.2 Å². The number of pyridine rings is 1. The number of benzene rings is 2. The molecule has 0 bridgehead atoms. The third-order valence-corrected chi connectivity index (χ3v) is 6.76. The molecule has 0 saturated carbocycles. The van der Waals surface area contributed by atoms with Gasteiger partial charge in [0.05, 0.1) is 11.9 Å². The SMILES string of the molecule is CCC(c1ccc(F)c(Cc2c[nH]c3ncc(Nc4ccccc4)cc23)c1F)S(N)(=O)=O. The zero-order chi connectivity index (χ0) is 22.9. The Morgan fingerprint density at radius 1 is 1.12 bits per heavy atom. The zero-order valence-electron chi connectivity index (χ0n) is 17.3. The summed E-state index contributed by atoms with van der Waals surface area (Å²) >= 11 is 0. The molecule has 1 unspecified atom stereocenters. The molecular weight excluding hydrogens is 434 g/mol. The Hall–Kier alpha value is -3.30. The molecule has 0 amide bonds. The van der Waals surface area contributed by atoms with Crippen molar-refractivity contribution in [2.75, 3.05) is 5.32 Å². The van der Waals surface area contributed by atoms with E-state index in [9.17, 15) is 12.8 Å². The maximum Gasteiger partial charge on any atom is 0.216 e.